The van der Waals surface area contributed by atoms with Gasteiger partial charge in [-0.2, -0.15) is 0 Å². The van der Waals surface area contributed by atoms with Crippen molar-refractivity contribution >= 4 is 10.8 Å². The van der Waals surface area contributed by atoms with Gasteiger partial charge in [0.2, 0.25) is 0 Å². The molecule has 1 N–H and O–H groups in total. The monoisotopic (exact) mass is 306 g/mol. The first kappa shape index (κ1) is 16.1. The molecule has 2 aromatic rings. The molecule has 1 aliphatic heterocycles. The second-order valence-electron chi connectivity index (χ2n) is 6.22. The third-order valence-corrected chi connectivity index (χ3v) is 4.50. The van der Waals surface area contributed by atoms with Gasteiger partial charge in [-0.05, 0) is 28.8 Å². The first-order chi connectivity index (χ1) is 11.4. The molecule has 0 saturated carbocycles. The van der Waals surface area contributed by atoms with E-state index >= 15 is 0 Å². The van der Waals surface area contributed by atoms with Crippen LogP contribution in [0.3, 0.4) is 0 Å². The van der Waals surface area contributed by atoms with Crippen LogP contribution in [0, 0.1) is 11.8 Å². The SMILES string of the molecule is CCCCC#CC(c1ccc2ccccc2c1)N1CCNCC1. The van der Waals surface area contributed by atoms with E-state index in [0.29, 0.717) is 0 Å². The lowest BCUT2D eigenvalue weighted by Crippen LogP contribution is -2.44. The largest absolute Gasteiger partial charge is 0.314 e. The molecule has 0 amide bonds. The van der Waals surface area contributed by atoms with Gasteiger partial charge in [-0.1, -0.05) is 55.7 Å². The van der Waals surface area contributed by atoms with Crippen LogP contribution in [0.25, 0.3) is 10.8 Å². The van der Waals surface area contributed by atoms with Crippen molar-refractivity contribution in [1.82, 2.24) is 10.2 Å². The molecule has 2 aromatic carbocycles. The highest BCUT2D eigenvalue weighted by atomic mass is 15.2. The van der Waals surface area contributed by atoms with Gasteiger partial charge in [0, 0.05) is 32.6 Å². The molecule has 0 radical (unpaired) electrons. The summed E-state index contributed by atoms with van der Waals surface area (Å²) in [6.07, 6.45) is 3.41. The van der Waals surface area contributed by atoms with Crippen molar-refractivity contribution in [2.24, 2.45) is 0 Å². The average Bonchev–Trinajstić information content (AvgIpc) is 2.62. The summed E-state index contributed by atoms with van der Waals surface area (Å²) in [5, 5.41) is 6.04. The van der Waals surface area contributed by atoms with Crippen molar-refractivity contribution < 1.29 is 0 Å². The molecule has 1 unspecified atom stereocenters. The summed E-state index contributed by atoms with van der Waals surface area (Å²) in [5.41, 5.74) is 1.33. The first-order valence-electron chi connectivity index (χ1n) is 8.80. The Balaban J connectivity index is 1.89. The number of fused-ring (bicyclic) bond motifs is 1. The van der Waals surface area contributed by atoms with Crippen LogP contribution in [0.1, 0.15) is 37.8 Å². The lowest BCUT2D eigenvalue weighted by atomic mass is 10.00. The summed E-state index contributed by atoms with van der Waals surface area (Å²) < 4.78 is 0. The van der Waals surface area contributed by atoms with E-state index in [-0.39, 0.29) is 6.04 Å². The Labute approximate surface area is 139 Å². The van der Waals surface area contributed by atoms with Crippen LogP contribution in [0.4, 0.5) is 0 Å². The Hall–Kier alpha value is -1.82. The van der Waals surface area contributed by atoms with Gasteiger partial charge in [-0.15, -0.1) is 5.92 Å². The van der Waals surface area contributed by atoms with E-state index in [2.05, 4.69) is 71.4 Å². The van der Waals surface area contributed by atoms with Gasteiger partial charge in [0.25, 0.3) is 0 Å². The molecule has 23 heavy (non-hydrogen) atoms. The van der Waals surface area contributed by atoms with Crippen molar-refractivity contribution in [3.8, 4) is 11.8 Å². The van der Waals surface area contributed by atoms with E-state index in [4.69, 9.17) is 0 Å². The van der Waals surface area contributed by atoms with Gasteiger partial charge in [0.15, 0.2) is 0 Å². The first-order valence-corrected chi connectivity index (χ1v) is 8.80. The Morgan fingerprint density at radius 1 is 1.09 bits per heavy atom. The molecule has 0 aliphatic carbocycles. The smallest absolute Gasteiger partial charge is 0.0971 e. The average molecular weight is 306 g/mol. The summed E-state index contributed by atoms with van der Waals surface area (Å²) >= 11 is 0. The summed E-state index contributed by atoms with van der Waals surface area (Å²) in [6, 6.07) is 15.6. The molecule has 1 fully saturated rings. The number of unbranched alkanes of at least 4 members (excludes halogenated alkanes) is 2. The van der Waals surface area contributed by atoms with Crippen molar-refractivity contribution in [2.45, 2.75) is 32.2 Å². The summed E-state index contributed by atoms with van der Waals surface area (Å²) in [7, 11) is 0. The van der Waals surface area contributed by atoms with Gasteiger partial charge in [-0.25, -0.2) is 0 Å². The molecule has 3 rings (SSSR count). The third-order valence-electron chi connectivity index (χ3n) is 4.50. The number of hydrogen-bond donors (Lipinski definition) is 1. The zero-order chi connectivity index (χ0) is 15.9. The van der Waals surface area contributed by atoms with Gasteiger partial charge < -0.3 is 5.32 Å². The topological polar surface area (TPSA) is 15.3 Å². The van der Waals surface area contributed by atoms with Crippen molar-refractivity contribution in [3.63, 3.8) is 0 Å². The molecule has 120 valence electrons. The summed E-state index contributed by atoms with van der Waals surface area (Å²) in [6.45, 7) is 6.47. The van der Waals surface area contributed by atoms with Crippen molar-refractivity contribution in [3.05, 3.63) is 48.0 Å². The maximum absolute atomic E-state index is 3.55. The van der Waals surface area contributed by atoms with E-state index in [0.717, 1.165) is 32.6 Å². The van der Waals surface area contributed by atoms with Crippen LogP contribution in [-0.2, 0) is 0 Å². The molecule has 0 spiro atoms. The maximum atomic E-state index is 3.55. The Morgan fingerprint density at radius 3 is 2.65 bits per heavy atom. The van der Waals surface area contributed by atoms with Crippen LogP contribution in [0.15, 0.2) is 42.5 Å². The molecule has 1 saturated heterocycles. The molecule has 1 aliphatic rings. The fourth-order valence-corrected chi connectivity index (χ4v) is 3.14. The van der Waals surface area contributed by atoms with Gasteiger partial charge in [0.1, 0.15) is 0 Å². The molecule has 1 heterocycles. The van der Waals surface area contributed by atoms with E-state index in [1.54, 1.807) is 0 Å². The molecular formula is C21H26N2. The summed E-state index contributed by atoms with van der Waals surface area (Å²) in [4.78, 5) is 2.51. The molecule has 2 nitrogen and oxygen atoms in total. The molecule has 2 heteroatoms. The van der Waals surface area contributed by atoms with Crippen LogP contribution >= 0.6 is 0 Å². The highest BCUT2D eigenvalue weighted by Gasteiger charge is 2.20. The second kappa shape index (κ2) is 8.15. The minimum absolute atomic E-state index is 0.221. The van der Waals surface area contributed by atoms with Crippen LogP contribution < -0.4 is 5.32 Å². The predicted octanol–water partition coefficient (Wildman–Crippen LogP) is 3.98. The van der Waals surface area contributed by atoms with Crippen molar-refractivity contribution in [1.29, 1.82) is 0 Å². The number of nitrogens with one attached hydrogen (secondary N) is 1. The quantitative estimate of drug-likeness (QED) is 0.679. The minimum Gasteiger partial charge on any atom is -0.314 e. The zero-order valence-electron chi connectivity index (χ0n) is 14.0. The number of piperazine rings is 1. The van der Waals surface area contributed by atoms with Gasteiger partial charge in [0.05, 0.1) is 6.04 Å². The fraction of sp³-hybridized carbons (Fsp3) is 0.429. The van der Waals surface area contributed by atoms with Crippen molar-refractivity contribution in [2.75, 3.05) is 26.2 Å². The fourth-order valence-electron chi connectivity index (χ4n) is 3.14. The standard InChI is InChI=1S/C21H26N2/c1-2-3-4-5-10-21(23-15-13-22-14-16-23)20-12-11-18-8-6-7-9-19(18)17-20/h6-9,11-12,17,21-22H,2-4,13-16H2,1H3. The van der Waals surface area contributed by atoms with Crippen LogP contribution in [0.5, 0.6) is 0 Å². The summed E-state index contributed by atoms with van der Waals surface area (Å²) in [5.74, 6) is 6.97. The van der Waals surface area contributed by atoms with E-state index < -0.39 is 0 Å². The van der Waals surface area contributed by atoms with Crippen LogP contribution in [0.2, 0.25) is 0 Å². The Bertz CT molecular complexity index is 690. The third kappa shape index (κ3) is 4.13. The minimum atomic E-state index is 0.221. The van der Waals surface area contributed by atoms with E-state index in [9.17, 15) is 0 Å². The number of hydrogen-bond acceptors (Lipinski definition) is 2. The second-order valence-corrected chi connectivity index (χ2v) is 6.22. The Morgan fingerprint density at radius 2 is 1.87 bits per heavy atom. The van der Waals surface area contributed by atoms with E-state index in [1.807, 2.05) is 0 Å². The molecule has 0 bridgehead atoms. The lowest BCUT2D eigenvalue weighted by Gasteiger charge is -2.32. The molecule has 0 aromatic heterocycles. The normalized spacial score (nSPS) is 16.7. The molecule has 1 atom stereocenters. The van der Waals surface area contributed by atoms with Gasteiger partial charge >= 0.3 is 0 Å². The Kier molecular flexibility index (Phi) is 5.69. The van der Waals surface area contributed by atoms with Crippen LogP contribution in [-0.4, -0.2) is 31.1 Å². The maximum Gasteiger partial charge on any atom is 0.0971 e. The number of benzene rings is 2. The number of nitrogens with zero attached hydrogens (tertiary/aromatic N) is 1. The van der Waals surface area contributed by atoms with E-state index in [1.165, 1.54) is 29.2 Å². The number of rotatable bonds is 4. The molecular weight excluding hydrogens is 280 g/mol. The highest BCUT2D eigenvalue weighted by molar-refractivity contribution is 5.83. The highest BCUT2D eigenvalue weighted by Crippen LogP contribution is 2.25. The predicted molar refractivity (Wildman–Crippen MR) is 98.4 cm³/mol. The zero-order valence-corrected chi connectivity index (χ0v) is 14.0. The lowest BCUT2D eigenvalue weighted by molar-refractivity contribution is 0.209. The van der Waals surface area contributed by atoms with Gasteiger partial charge in [-0.3, -0.25) is 4.90 Å².